The lowest BCUT2D eigenvalue weighted by Gasteiger charge is -2.23. The molecule has 1 aliphatic rings. The summed E-state index contributed by atoms with van der Waals surface area (Å²) in [6.07, 6.45) is 5.26. The third-order valence-electron chi connectivity index (χ3n) is 5.42. The Hall–Kier alpha value is -2.70. The fourth-order valence-corrected chi connectivity index (χ4v) is 3.54. The fourth-order valence-electron chi connectivity index (χ4n) is 3.54. The number of anilines is 1. The smallest absolute Gasteiger partial charge is 0.252 e. The molecule has 30 heavy (non-hydrogen) atoms. The predicted octanol–water partition coefficient (Wildman–Crippen LogP) is 4.55. The number of amides is 2. The molecule has 0 aliphatic heterocycles. The van der Waals surface area contributed by atoms with Crippen LogP contribution in [0.4, 0.5) is 5.69 Å². The lowest BCUT2D eigenvalue weighted by molar-refractivity contribution is -0.120. The SMILES string of the molecule is CC(C)(C)c1nc(C(C)(C)NC(=O)c2cccc(NC(=O)C3CCCCC3)c2)no1. The molecule has 162 valence electrons. The van der Waals surface area contributed by atoms with Crippen LogP contribution in [0.25, 0.3) is 0 Å². The van der Waals surface area contributed by atoms with Gasteiger partial charge in [0.1, 0.15) is 0 Å². The molecule has 7 heteroatoms. The van der Waals surface area contributed by atoms with E-state index in [1.807, 2.05) is 34.6 Å². The summed E-state index contributed by atoms with van der Waals surface area (Å²) in [4.78, 5) is 29.8. The van der Waals surface area contributed by atoms with Crippen molar-refractivity contribution in [3.63, 3.8) is 0 Å². The summed E-state index contributed by atoms with van der Waals surface area (Å²) in [5.41, 5.74) is 0.0106. The first-order chi connectivity index (χ1) is 14.1. The van der Waals surface area contributed by atoms with Gasteiger partial charge in [-0.1, -0.05) is 51.3 Å². The summed E-state index contributed by atoms with van der Waals surface area (Å²) < 4.78 is 5.36. The number of hydrogen-bond donors (Lipinski definition) is 2. The first-order valence-electron chi connectivity index (χ1n) is 10.6. The third-order valence-corrected chi connectivity index (χ3v) is 5.42. The van der Waals surface area contributed by atoms with Gasteiger partial charge in [-0.05, 0) is 44.9 Å². The zero-order chi connectivity index (χ0) is 21.9. The molecule has 2 N–H and O–H groups in total. The van der Waals surface area contributed by atoms with Gasteiger partial charge < -0.3 is 15.2 Å². The Bertz CT molecular complexity index is 905. The molecular weight excluding hydrogens is 380 g/mol. The second-order valence-corrected chi connectivity index (χ2v) is 9.66. The highest BCUT2D eigenvalue weighted by molar-refractivity contribution is 5.98. The van der Waals surface area contributed by atoms with Crippen molar-refractivity contribution in [1.29, 1.82) is 0 Å². The Morgan fingerprint density at radius 2 is 1.77 bits per heavy atom. The van der Waals surface area contributed by atoms with E-state index < -0.39 is 5.54 Å². The van der Waals surface area contributed by atoms with E-state index in [1.54, 1.807) is 24.3 Å². The summed E-state index contributed by atoms with van der Waals surface area (Å²) in [5.74, 6) is 0.769. The Morgan fingerprint density at radius 3 is 2.40 bits per heavy atom. The van der Waals surface area contributed by atoms with Crippen molar-refractivity contribution in [2.75, 3.05) is 5.32 Å². The van der Waals surface area contributed by atoms with Gasteiger partial charge in [0.15, 0.2) is 5.82 Å². The lowest BCUT2D eigenvalue weighted by Crippen LogP contribution is -2.42. The number of rotatable bonds is 5. The highest BCUT2D eigenvalue weighted by atomic mass is 16.5. The monoisotopic (exact) mass is 412 g/mol. The van der Waals surface area contributed by atoms with Gasteiger partial charge in [0.05, 0.1) is 5.54 Å². The van der Waals surface area contributed by atoms with Gasteiger partial charge in [-0.15, -0.1) is 0 Å². The minimum absolute atomic E-state index is 0.0362. The maximum absolute atomic E-state index is 12.9. The van der Waals surface area contributed by atoms with E-state index in [0.29, 0.717) is 23.0 Å². The first-order valence-corrected chi connectivity index (χ1v) is 10.6. The van der Waals surface area contributed by atoms with Gasteiger partial charge in [0, 0.05) is 22.6 Å². The van der Waals surface area contributed by atoms with E-state index in [2.05, 4.69) is 20.8 Å². The molecule has 1 fully saturated rings. The average molecular weight is 413 g/mol. The van der Waals surface area contributed by atoms with E-state index in [1.165, 1.54) is 6.42 Å². The van der Waals surface area contributed by atoms with Crippen LogP contribution in [0.2, 0.25) is 0 Å². The number of carbonyl (C=O) groups is 2. The van der Waals surface area contributed by atoms with Crippen LogP contribution in [-0.2, 0) is 15.7 Å². The van der Waals surface area contributed by atoms with Crippen molar-refractivity contribution in [2.24, 2.45) is 5.92 Å². The van der Waals surface area contributed by atoms with Gasteiger partial charge in [-0.2, -0.15) is 4.98 Å². The molecule has 1 aliphatic carbocycles. The maximum atomic E-state index is 12.9. The van der Waals surface area contributed by atoms with Gasteiger partial charge >= 0.3 is 0 Å². The van der Waals surface area contributed by atoms with Crippen molar-refractivity contribution >= 4 is 17.5 Å². The van der Waals surface area contributed by atoms with Crippen molar-refractivity contribution in [2.45, 2.75) is 77.7 Å². The Labute approximate surface area is 178 Å². The summed E-state index contributed by atoms with van der Waals surface area (Å²) in [6.45, 7) is 9.63. The second-order valence-electron chi connectivity index (χ2n) is 9.66. The third kappa shape index (κ3) is 5.26. The van der Waals surface area contributed by atoms with E-state index in [0.717, 1.165) is 25.7 Å². The molecule has 3 rings (SSSR count). The minimum Gasteiger partial charge on any atom is -0.340 e. The standard InChI is InChI=1S/C23H32N4O3/c1-22(2,3)21-25-20(27-30-21)23(4,5)26-19(29)16-12-9-13-17(14-16)24-18(28)15-10-7-6-8-11-15/h9,12-15H,6-8,10-11H2,1-5H3,(H,24,28)(H,26,29). The van der Waals surface area contributed by atoms with Crippen LogP contribution in [-0.4, -0.2) is 22.0 Å². The highest BCUT2D eigenvalue weighted by Crippen LogP contribution is 2.26. The highest BCUT2D eigenvalue weighted by Gasteiger charge is 2.32. The van der Waals surface area contributed by atoms with Gasteiger partial charge in [0.2, 0.25) is 11.8 Å². The number of aromatic nitrogens is 2. The van der Waals surface area contributed by atoms with Crippen LogP contribution in [0, 0.1) is 5.92 Å². The summed E-state index contributed by atoms with van der Waals surface area (Å²) in [7, 11) is 0. The lowest BCUT2D eigenvalue weighted by atomic mass is 9.88. The molecule has 0 bridgehead atoms. The number of nitrogens with one attached hydrogen (secondary N) is 2. The van der Waals surface area contributed by atoms with Crippen LogP contribution in [0.5, 0.6) is 0 Å². The molecule has 0 saturated heterocycles. The largest absolute Gasteiger partial charge is 0.340 e. The minimum atomic E-state index is -0.814. The van der Waals surface area contributed by atoms with Crippen molar-refractivity contribution in [3.8, 4) is 0 Å². The molecule has 0 atom stereocenters. The molecule has 0 unspecified atom stereocenters. The molecule has 1 saturated carbocycles. The average Bonchev–Trinajstić information content (AvgIpc) is 3.20. The Morgan fingerprint density at radius 1 is 1.07 bits per heavy atom. The van der Waals surface area contributed by atoms with Crippen molar-refractivity contribution < 1.29 is 14.1 Å². The summed E-state index contributed by atoms with van der Waals surface area (Å²) in [5, 5.41) is 9.98. The summed E-state index contributed by atoms with van der Waals surface area (Å²) in [6, 6.07) is 6.99. The molecule has 1 aromatic heterocycles. The molecule has 2 aromatic rings. The predicted molar refractivity (Wildman–Crippen MR) is 115 cm³/mol. The zero-order valence-electron chi connectivity index (χ0n) is 18.5. The van der Waals surface area contributed by atoms with Crippen molar-refractivity contribution in [3.05, 3.63) is 41.5 Å². The molecule has 7 nitrogen and oxygen atoms in total. The summed E-state index contributed by atoms with van der Waals surface area (Å²) >= 11 is 0. The van der Waals surface area contributed by atoms with Crippen molar-refractivity contribution in [1.82, 2.24) is 15.5 Å². The molecule has 2 amide bonds. The topological polar surface area (TPSA) is 97.1 Å². The molecule has 1 heterocycles. The maximum Gasteiger partial charge on any atom is 0.252 e. The van der Waals surface area contributed by atoms with Crippen LogP contribution in [0.3, 0.4) is 0 Å². The molecular formula is C23H32N4O3. The van der Waals surface area contributed by atoms with Crippen LogP contribution >= 0.6 is 0 Å². The Balaban J connectivity index is 1.68. The van der Waals surface area contributed by atoms with Crippen LogP contribution in [0.1, 0.15) is 88.8 Å². The quantitative estimate of drug-likeness (QED) is 0.751. The normalized spacial score (nSPS) is 15.6. The number of carbonyl (C=O) groups excluding carboxylic acids is 2. The first kappa shape index (κ1) is 22.0. The van der Waals surface area contributed by atoms with Gasteiger partial charge in [-0.3, -0.25) is 9.59 Å². The molecule has 1 aromatic carbocycles. The number of nitrogens with zero attached hydrogens (tertiary/aromatic N) is 2. The number of benzene rings is 1. The number of hydrogen-bond acceptors (Lipinski definition) is 5. The molecule has 0 radical (unpaired) electrons. The van der Waals surface area contributed by atoms with Gasteiger partial charge in [-0.25, -0.2) is 0 Å². The van der Waals surface area contributed by atoms with E-state index >= 15 is 0 Å². The van der Waals surface area contributed by atoms with Crippen LogP contribution < -0.4 is 10.6 Å². The van der Waals surface area contributed by atoms with Crippen LogP contribution in [0.15, 0.2) is 28.8 Å². The van der Waals surface area contributed by atoms with E-state index in [9.17, 15) is 9.59 Å². The van der Waals surface area contributed by atoms with E-state index in [-0.39, 0.29) is 23.1 Å². The fraction of sp³-hybridized carbons (Fsp3) is 0.565. The Kier molecular flexibility index (Phi) is 6.29. The molecule has 0 spiro atoms. The van der Waals surface area contributed by atoms with E-state index in [4.69, 9.17) is 4.52 Å². The second kappa shape index (κ2) is 8.58. The zero-order valence-corrected chi connectivity index (χ0v) is 18.5. The van der Waals surface area contributed by atoms with Gasteiger partial charge in [0.25, 0.3) is 5.91 Å².